The smallest absolute Gasteiger partial charge is 0.338 e. The third kappa shape index (κ3) is 3.33. The topological polar surface area (TPSA) is 97.6 Å². The molecule has 0 unspecified atom stereocenters. The van der Waals surface area contributed by atoms with Crippen molar-refractivity contribution in [2.45, 2.75) is 0 Å². The molecule has 2 heterocycles. The number of hydrogen-bond donors (Lipinski definition) is 2. The van der Waals surface area contributed by atoms with Crippen molar-refractivity contribution in [3.8, 4) is 11.3 Å². The molecule has 0 radical (unpaired) electrons. The molecule has 126 valence electrons. The number of nitrogens with one attached hydrogen (secondary N) is 2. The van der Waals surface area contributed by atoms with E-state index < -0.39 is 17.8 Å². The molecule has 8 heteroatoms. The fourth-order valence-electron chi connectivity index (χ4n) is 2.31. The van der Waals surface area contributed by atoms with Crippen LogP contribution in [-0.4, -0.2) is 30.0 Å². The number of amides is 2. The quantitative estimate of drug-likeness (QED) is 0.376. The van der Waals surface area contributed by atoms with Crippen molar-refractivity contribution in [1.82, 2.24) is 10.6 Å². The lowest BCUT2D eigenvalue weighted by Gasteiger charge is -2.15. The van der Waals surface area contributed by atoms with E-state index in [9.17, 15) is 14.4 Å². The van der Waals surface area contributed by atoms with Crippen molar-refractivity contribution in [3.63, 3.8) is 0 Å². The average Bonchev–Trinajstić information content (AvgIpc) is 3.06. The number of furan rings is 1. The fraction of sp³-hybridized carbons (Fsp3) is 0.0588. The maximum Gasteiger partial charge on any atom is 0.338 e. The Labute approximate surface area is 147 Å². The highest BCUT2D eigenvalue weighted by Gasteiger charge is 2.26. The van der Waals surface area contributed by atoms with Crippen molar-refractivity contribution in [2.75, 3.05) is 7.11 Å². The predicted molar refractivity (Wildman–Crippen MR) is 92.3 cm³/mol. The molecule has 1 aliphatic rings. The first-order chi connectivity index (χ1) is 12.0. The summed E-state index contributed by atoms with van der Waals surface area (Å²) in [6.45, 7) is 0. The van der Waals surface area contributed by atoms with E-state index in [0.717, 1.165) is 0 Å². The van der Waals surface area contributed by atoms with E-state index in [1.807, 2.05) is 0 Å². The molecule has 2 amide bonds. The lowest BCUT2D eigenvalue weighted by atomic mass is 10.1. The van der Waals surface area contributed by atoms with E-state index in [0.29, 0.717) is 16.9 Å². The van der Waals surface area contributed by atoms with Gasteiger partial charge in [-0.3, -0.25) is 20.2 Å². The van der Waals surface area contributed by atoms with Crippen molar-refractivity contribution in [2.24, 2.45) is 0 Å². The second-order valence-corrected chi connectivity index (χ2v) is 5.44. The number of benzene rings is 1. The summed E-state index contributed by atoms with van der Waals surface area (Å²) in [5, 5.41) is 4.64. The second kappa shape index (κ2) is 6.70. The van der Waals surface area contributed by atoms with Crippen LogP contribution in [0.25, 0.3) is 17.4 Å². The Hall–Kier alpha value is -3.26. The lowest BCUT2D eigenvalue weighted by molar-refractivity contribution is -0.123. The second-order valence-electron chi connectivity index (χ2n) is 5.03. The number of esters is 1. The van der Waals surface area contributed by atoms with Gasteiger partial charge in [-0.05, 0) is 36.5 Å². The molecule has 1 fully saturated rings. The molecule has 25 heavy (non-hydrogen) atoms. The molecular formula is C17H12N2O5S. The van der Waals surface area contributed by atoms with Gasteiger partial charge in [0, 0.05) is 5.56 Å². The van der Waals surface area contributed by atoms with Crippen LogP contribution in [0.4, 0.5) is 0 Å². The first-order valence-electron chi connectivity index (χ1n) is 7.15. The van der Waals surface area contributed by atoms with Gasteiger partial charge in [-0.25, -0.2) is 4.79 Å². The Kier molecular flexibility index (Phi) is 4.44. The minimum absolute atomic E-state index is 0.0423. The van der Waals surface area contributed by atoms with Crippen LogP contribution in [0.2, 0.25) is 0 Å². The zero-order valence-electron chi connectivity index (χ0n) is 13.0. The van der Waals surface area contributed by atoms with Gasteiger partial charge < -0.3 is 9.15 Å². The Morgan fingerprint density at radius 2 is 1.80 bits per heavy atom. The number of rotatable bonds is 3. The van der Waals surface area contributed by atoms with Gasteiger partial charge >= 0.3 is 5.97 Å². The third-order valence-electron chi connectivity index (χ3n) is 3.45. The van der Waals surface area contributed by atoms with E-state index >= 15 is 0 Å². The van der Waals surface area contributed by atoms with Crippen LogP contribution in [-0.2, 0) is 14.3 Å². The summed E-state index contributed by atoms with van der Waals surface area (Å²) in [6.07, 6.45) is 1.30. The summed E-state index contributed by atoms with van der Waals surface area (Å²) < 4.78 is 10.4. The van der Waals surface area contributed by atoms with Crippen LogP contribution in [0.3, 0.4) is 0 Å². The van der Waals surface area contributed by atoms with Gasteiger partial charge in [0.2, 0.25) is 0 Å². The van der Waals surface area contributed by atoms with Gasteiger partial charge in [-0.2, -0.15) is 0 Å². The summed E-state index contributed by atoms with van der Waals surface area (Å²) in [7, 11) is 1.29. The molecule has 0 bridgehead atoms. The molecule has 1 aliphatic heterocycles. The van der Waals surface area contributed by atoms with Gasteiger partial charge in [0.1, 0.15) is 17.1 Å². The summed E-state index contributed by atoms with van der Waals surface area (Å²) >= 11 is 4.74. The molecule has 3 rings (SSSR count). The summed E-state index contributed by atoms with van der Waals surface area (Å²) in [4.78, 5) is 35.6. The van der Waals surface area contributed by atoms with Crippen molar-refractivity contribution >= 4 is 41.2 Å². The predicted octanol–water partition coefficient (Wildman–Crippen LogP) is 1.65. The molecule has 1 aromatic heterocycles. The first-order valence-corrected chi connectivity index (χ1v) is 7.56. The molecule has 7 nitrogen and oxygen atoms in total. The molecule has 2 aromatic rings. The van der Waals surface area contributed by atoms with E-state index in [-0.39, 0.29) is 16.4 Å². The minimum Gasteiger partial charge on any atom is -0.465 e. The molecule has 0 spiro atoms. The molecule has 0 aliphatic carbocycles. The van der Waals surface area contributed by atoms with Gasteiger partial charge in [0.05, 0.1) is 12.7 Å². The Morgan fingerprint density at radius 1 is 1.12 bits per heavy atom. The van der Waals surface area contributed by atoms with Crippen molar-refractivity contribution < 1.29 is 23.5 Å². The van der Waals surface area contributed by atoms with Crippen LogP contribution in [0.5, 0.6) is 0 Å². The Balaban J connectivity index is 1.95. The number of methoxy groups -OCH3 is 1. The van der Waals surface area contributed by atoms with Gasteiger partial charge in [-0.15, -0.1) is 0 Å². The molecular weight excluding hydrogens is 344 g/mol. The number of thiocarbonyl (C=S) groups is 1. The minimum atomic E-state index is -0.610. The zero-order valence-corrected chi connectivity index (χ0v) is 13.8. The summed E-state index contributed by atoms with van der Waals surface area (Å²) in [6, 6.07) is 10.0. The normalized spacial score (nSPS) is 14.0. The highest BCUT2D eigenvalue weighted by molar-refractivity contribution is 7.80. The maximum atomic E-state index is 11.9. The summed E-state index contributed by atoms with van der Waals surface area (Å²) in [5.41, 5.74) is 0.755. The van der Waals surface area contributed by atoms with Crippen molar-refractivity contribution in [1.29, 1.82) is 0 Å². The maximum absolute atomic E-state index is 11.9. The molecule has 1 aromatic carbocycles. The fourth-order valence-corrected chi connectivity index (χ4v) is 2.50. The van der Waals surface area contributed by atoms with E-state index in [2.05, 4.69) is 10.6 Å². The number of ether oxygens (including phenoxy) is 1. The third-order valence-corrected chi connectivity index (χ3v) is 3.66. The molecule has 2 N–H and O–H groups in total. The van der Waals surface area contributed by atoms with Crippen molar-refractivity contribution in [3.05, 3.63) is 53.3 Å². The van der Waals surface area contributed by atoms with Crippen LogP contribution >= 0.6 is 12.2 Å². The Bertz CT molecular complexity index is 907. The summed E-state index contributed by atoms with van der Waals surface area (Å²) in [5.74, 6) is -1.03. The molecule has 0 atom stereocenters. The Morgan fingerprint density at radius 3 is 2.48 bits per heavy atom. The zero-order chi connectivity index (χ0) is 18.0. The van der Waals surface area contributed by atoms with E-state index in [1.165, 1.54) is 13.2 Å². The molecule has 1 saturated heterocycles. The number of hydrogen-bond acceptors (Lipinski definition) is 6. The highest BCUT2D eigenvalue weighted by Crippen LogP contribution is 2.27. The monoisotopic (exact) mass is 356 g/mol. The first kappa shape index (κ1) is 16.6. The van der Waals surface area contributed by atoms with Gasteiger partial charge in [0.25, 0.3) is 11.8 Å². The number of carbonyl (C=O) groups is 3. The lowest BCUT2D eigenvalue weighted by Crippen LogP contribution is -2.51. The van der Waals surface area contributed by atoms with Gasteiger partial charge in [0.15, 0.2) is 5.11 Å². The largest absolute Gasteiger partial charge is 0.465 e. The SMILES string of the molecule is COC(=O)c1ccccc1-c1ccc(C=C2C(=O)NC(=S)NC2=O)o1. The van der Waals surface area contributed by atoms with E-state index in [1.54, 1.807) is 36.4 Å². The van der Waals surface area contributed by atoms with Crippen LogP contribution in [0, 0.1) is 0 Å². The number of carbonyl (C=O) groups excluding carboxylic acids is 3. The average molecular weight is 356 g/mol. The van der Waals surface area contributed by atoms with Gasteiger partial charge in [-0.1, -0.05) is 18.2 Å². The highest BCUT2D eigenvalue weighted by atomic mass is 32.1. The van der Waals surface area contributed by atoms with Crippen LogP contribution in [0.15, 0.2) is 46.4 Å². The van der Waals surface area contributed by atoms with Crippen LogP contribution < -0.4 is 10.6 Å². The van der Waals surface area contributed by atoms with Crippen LogP contribution in [0.1, 0.15) is 16.1 Å². The molecule has 0 saturated carbocycles. The standard InChI is InChI=1S/C17H12N2O5S/c1-23-16(22)11-5-3-2-4-10(11)13-7-6-9(24-13)8-12-14(20)18-17(25)19-15(12)21/h2-8H,1H3,(H2,18,19,20,21,25). The van der Waals surface area contributed by atoms with E-state index in [4.69, 9.17) is 21.4 Å².